The molecule has 0 saturated carbocycles. The van der Waals surface area contributed by atoms with Crippen molar-refractivity contribution in [2.24, 2.45) is 0 Å². The van der Waals surface area contributed by atoms with Gasteiger partial charge in [-0.3, -0.25) is 8.98 Å². The van der Waals surface area contributed by atoms with Gasteiger partial charge in [-0.1, -0.05) is 29.8 Å². The summed E-state index contributed by atoms with van der Waals surface area (Å²) in [6, 6.07) is 12.3. The highest BCUT2D eigenvalue weighted by molar-refractivity contribution is 7.86. The summed E-state index contributed by atoms with van der Waals surface area (Å²) in [5, 5.41) is 9.47. The van der Waals surface area contributed by atoms with Crippen LogP contribution in [-0.4, -0.2) is 26.1 Å². The van der Waals surface area contributed by atoms with Crippen molar-refractivity contribution in [1.29, 1.82) is 0 Å². The van der Waals surface area contributed by atoms with Crippen molar-refractivity contribution in [3.63, 3.8) is 0 Å². The third-order valence-electron chi connectivity index (χ3n) is 3.23. The molecule has 0 spiro atoms. The molecule has 0 heterocycles. The third kappa shape index (κ3) is 4.64. The third-order valence-corrected chi connectivity index (χ3v) is 4.57. The average molecular weight is 350 g/mol. The van der Waals surface area contributed by atoms with Crippen molar-refractivity contribution in [1.82, 2.24) is 0 Å². The average Bonchev–Trinajstić information content (AvgIpc) is 2.53. The van der Waals surface area contributed by atoms with E-state index in [0.717, 1.165) is 5.56 Å². The highest BCUT2D eigenvalue weighted by atomic mass is 32.2. The Morgan fingerprint density at radius 2 is 1.67 bits per heavy atom. The number of aliphatic hydroxyl groups is 1. The van der Waals surface area contributed by atoms with E-state index in [0.29, 0.717) is 11.3 Å². The van der Waals surface area contributed by atoms with Crippen LogP contribution in [0.4, 0.5) is 0 Å². The molecule has 0 amide bonds. The summed E-state index contributed by atoms with van der Waals surface area (Å²) in [6.07, 6.45) is -1.05. The first-order valence-corrected chi connectivity index (χ1v) is 8.62. The standard InChI is InChI=1S/C17H18O6S/c1-12-3-9-16(10-4-12)24(20,21)23-17(11-18)14-5-7-15(8-6-14)22-13(2)19/h3-10,17-18H,11H2,1-2H3. The van der Waals surface area contributed by atoms with Crippen LogP contribution in [0.5, 0.6) is 5.75 Å². The van der Waals surface area contributed by atoms with E-state index >= 15 is 0 Å². The van der Waals surface area contributed by atoms with Gasteiger partial charge in [-0.15, -0.1) is 0 Å². The lowest BCUT2D eigenvalue weighted by molar-refractivity contribution is -0.131. The molecule has 6 nitrogen and oxygen atoms in total. The van der Waals surface area contributed by atoms with Crippen LogP contribution in [0, 0.1) is 6.92 Å². The number of hydrogen-bond donors (Lipinski definition) is 1. The molecule has 7 heteroatoms. The molecule has 0 fully saturated rings. The molecule has 0 saturated heterocycles. The fourth-order valence-electron chi connectivity index (χ4n) is 2.02. The molecule has 1 unspecified atom stereocenters. The van der Waals surface area contributed by atoms with Crippen molar-refractivity contribution in [3.8, 4) is 5.75 Å². The van der Waals surface area contributed by atoms with Gasteiger partial charge in [0.15, 0.2) is 0 Å². The lowest BCUT2D eigenvalue weighted by atomic mass is 10.1. The van der Waals surface area contributed by atoms with Crippen LogP contribution in [0.2, 0.25) is 0 Å². The van der Waals surface area contributed by atoms with Crippen LogP contribution in [0.3, 0.4) is 0 Å². The Hall–Kier alpha value is -2.22. The Bertz CT molecular complexity index is 794. The summed E-state index contributed by atoms with van der Waals surface area (Å²) in [7, 11) is -4.01. The largest absolute Gasteiger partial charge is 0.427 e. The van der Waals surface area contributed by atoms with E-state index in [2.05, 4.69) is 0 Å². The molecule has 0 radical (unpaired) electrons. The van der Waals surface area contributed by atoms with E-state index in [1.807, 2.05) is 6.92 Å². The van der Waals surface area contributed by atoms with Crippen molar-refractivity contribution < 1.29 is 27.2 Å². The van der Waals surface area contributed by atoms with Gasteiger partial charge in [-0.2, -0.15) is 8.42 Å². The quantitative estimate of drug-likeness (QED) is 0.489. The summed E-state index contributed by atoms with van der Waals surface area (Å²) in [6.45, 7) is 2.61. The molecule has 128 valence electrons. The van der Waals surface area contributed by atoms with Gasteiger partial charge >= 0.3 is 5.97 Å². The van der Waals surface area contributed by atoms with E-state index < -0.39 is 28.8 Å². The second kappa shape index (κ2) is 7.57. The number of aliphatic hydroxyl groups excluding tert-OH is 1. The summed E-state index contributed by atoms with van der Waals surface area (Å²) in [5.74, 6) is -0.135. The lowest BCUT2D eigenvalue weighted by Crippen LogP contribution is -2.15. The van der Waals surface area contributed by atoms with E-state index in [9.17, 15) is 18.3 Å². The van der Waals surface area contributed by atoms with Gasteiger partial charge in [-0.05, 0) is 36.8 Å². The minimum Gasteiger partial charge on any atom is -0.427 e. The molecule has 1 N–H and O–H groups in total. The molecule has 0 aromatic heterocycles. The number of aryl methyl sites for hydroxylation is 1. The molecule has 0 aliphatic heterocycles. The van der Waals surface area contributed by atoms with Gasteiger partial charge < -0.3 is 9.84 Å². The molecule has 0 aliphatic rings. The van der Waals surface area contributed by atoms with Gasteiger partial charge in [0.25, 0.3) is 10.1 Å². The predicted molar refractivity (Wildman–Crippen MR) is 87.0 cm³/mol. The molecule has 1 atom stereocenters. The zero-order valence-electron chi connectivity index (χ0n) is 13.3. The molecule has 0 bridgehead atoms. The van der Waals surface area contributed by atoms with Crippen molar-refractivity contribution >= 4 is 16.1 Å². The smallest absolute Gasteiger partial charge is 0.308 e. The summed E-state index contributed by atoms with van der Waals surface area (Å²) >= 11 is 0. The van der Waals surface area contributed by atoms with Crippen LogP contribution in [0.25, 0.3) is 0 Å². The zero-order chi connectivity index (χ0) is 17.7. The minimum absolute atomic E-state index is 0.0167. The molecular formula is C17H18O6S. The maximum Gasteiger partial charge on any atom is 0.308 e. The first-order chi connectivity index (χ1) is 11.3. The molecule has 2 aromatic rings. The lowest BCUT2D eigenvalue weighted by Gasteiger charge is -2.16. The number of esters is 1. The Morgan fingerprint density at radius 3 is 2.17 bits per heavy atom. The summed E-state index contributed by atoms with van der Waals surface area (Å²) < 4.78 is 34.6. The van der Waals surface area contributed by atoms with Crippen molar-refractivity contribution in [3.05, 3.63) is 59.7 Å². The molecule has 0 aliphatic carbocycles. The SMILES string of the molecule is CC(=O)Oc1ccc(C(CO)OS(=O)(=O)c2ccc(C)cc2)cc1. The second-order valence-corrected chi connectivity index (χ2v) is 6.77. The van der Waals surface area contributed by atoms with E-state index in [-0.39, 0.29) is 4.90 Å². The highest BCUT2D eigenvalue weighted by Gasteiger charge is 2.22. The predicted octanol–water partition coefficient (Wildman–Crippen LogP) is 2.36. The van der Waals surface area contributed by atoms with E-state index in [1.54, 1.807) is 12.1 Å². The van der Waals surface area contributed by atoms with Crippen molar-refractivity contribution in [2.75, 3.05) is 6.61 Å². The summed E-state index contributed by atoms with van der Waals surface area (Å²) in [4.78, 5) is 10.9. The Labute approximate surface area is 140 Å². The number of rotatable bonds is 6. The van der Waals surface area contributed by atoms with Crippen LogP contribution in [-0.2, 0) is 19.1 Å². The first kappa shape index (κ1) is 18.1. The van der Waals surface area contributed by atoms with Crippen LogP contribution >= 0.6 is 0 Å². The molecule has 24 heavy (non-hydrogen) atoms. The number of carbonyl (C=O) groups excluding carboxylic acids is 1. The Morgan fingerprint density at radius 1 is 1.08 bits per heavy atom. The number of carbonyl (C=O) groups is 1. The fourth-order valence-corrected chi connectivity index (χ4v) is 3.08. The van der Waals surface area contributed by atoms with Crippen LogP contribution in [0.1, 0.15) is 24.2 Å². The maximum atomic E-state index is 12.3. The van der Waals surface area contributed by atoms with E-state index in [1.165, 1.54) is 43.3 Å². The molecule has 2 rings (SSSR count). The minimum atomic E-state index is -4.01. The zero-order valence-corrected chi connectivity index (χ0v) is 14.1. The van der Waals surface area contributed by atoms with Crippen LogP contribution < -0.4 is 4.74 Å². The molecular weight excluding hydrogens is 332 g/mol. The second-order valence-electron chi connectivity index (χ2n) is 5.20. The van der Waals surface area contributed by atoms with Gasteiger partial charge in [0.05, 0.1) is 11.5 Å². The monoisotopic (exact) mass is 350 g/mol. The van der Waals surface area contributed by atoms with Gasteiger partial charge in [-0.25, -0.2) is 0 Å². The van der Waals surface area contributed by atoms with Gasteiger partial charge in [0.1, 0.15) is 11.9 Å². The number of benzene rings is 2. The van der Waals surface area contributed by atoms with E-state index in [4.69, 9.17) is 8.92 Å². The maximum absolute atomic E-state index is 12.3. The summed E-state index contributed by atoms with van der Waals surface area (Å²) in [5.41, 5.74) is 1.37. The normalized spacial score (nSPS) is 12.6. The number of ether oxygens (including phenoxy) is 1. The van der Waals surface area contributed by atoms with Gasteiger partial charge in [0.2, 0.25) is 0 Å². The van der Waals surface area contributed by atoms with Gasteiger partial charge in [0, 0.05) is 6.92 Å². The topological polar surface area (TPSA) is 89.9 Å². The Balaban J connectivity index is 2.19. The van der Waals surface area contributed by atoms with Crippen molar-refractivity contribution in [2.45, 2.75) is 24.8 Å². The Kier molecular flexibility index (Phi) is 5.71. The van der Waals surface area contributed by atoms with Crippen LogP contribution in [0.15, 0.2) is 53.4 Å². The number of hydrogen-bond acceptors (Lipinski definition) is 6. The highest BCUT2D eigenvalue weighted by Crippen LogP contribution is 2.25. The fraction of sp³-hybridized carbons (Fsp3) is 0.235. The first-order valence-electron chi connectivity index (χ1n) is 7.21. The molecule has 2 aromatic carbocycles.